The number of carbonyl (C=O) groups is 1. The third kappa shape index (κ3) is 3.03. The lowest BCUT2D eigenvalue weighted by Gasteiger charge is -2.10. The molecule has 1 rings (SSSR count). The van der Waals surface area contributed by atoms with Crippen molar-refractivity contribution < 1.29 is 4.79 Å². The number of carbonyl (C=O) groups excluding carboxylic acids is 1. The highest BCUT2D eigenvalue weighted by Gasteiger charge is 2.08. The van der Waals surface area contributed by atoms with E-state index in [0.717, 1.165) is 14.9 Å². The summed E-state index contributed by atoms with van der Waals surface area (Å²) in [4.78, 5) is 14.0. The molecular formula is C10H12BrNOS. The van der Waals surface area contributed by atoms with E-state index in [1.807, 2.05) is 25.1 Å². The van der Waals surface area contributed by atoms with Crippen LogP contribution in [-0.2, 0) is 0 Å². The van der Waals surface area contributed by atoms with Crippen molar-refractivity contribution in [1.29, 1.82) is 0 Å². The van der Waals surface area contributed by atoms with Crippen LogP contribution in [0.4, 0.5) is 4.79 Å². The molecule has 2 nitrogen and oxygen atoms in total. The second-order valence-electron chi connectivity index (χ2n) is 3.17. The van der Waals surface area contributed by atoms with Crippen molar-refractivity contribution >= 4 is 32.9 Å². The Morgan fingerprint density at radius 1 is 1.43 bits per heavy atom. The van der Waals surface area contributed by atoms with Crippen molar-refractivity contribution in [3.63, 3.8) is 0 Å². The van der Waals surface area contributed by atoms with Gasteiger partial charge in [0.05, 0.1) is 0 Å². The summed E-state index contributed by atoms with van der Waals surface area (Å²) in [5, 5.41) is 0.0513. The van der Waals surface area contributed by atoms with E-state index in [1.165, 1.54) is 11.8 Å². The average molecular weight is 274 g/mol. The summed E-state index contributed by atoms with van der Waals surface area (Å²) < 4.78 is 1.04. The molecule has 1 aromatic carbocycles. The molecule has 0 heterocycles. The van der Waals surface area contributed by atoms with E-state index >= 15 is 0 Å². The number of halogens is 1. The van der Waals surface area contributed by atoms with Gasteiger partial charge in [0.15, 0.2) is 0 Å². The van der Waals surface area contributed by atoms with Gasteiger partial charge in [-0.05, 0) is 42.4 Å². The van der Waals surface area contributed by atoms with Gasteiger partial charge in [0.2, 0.25) is 0 Å². The number of amides is 1. The zero-order valence-electron chi connectivity index (χ0n) is 8.37. The molecular weight excluding hydrogens is 262 g/mol. The molecule has 4 heteroatoms. The summed E-state index contributed by atoms with van der Waals surface area (Å²) in [7, 11) is 3.51. The van der Waals surface area contributed by atoms with Gasteiger partial charge in [0.1, 0.15) is 0 Å². The molecule has 76 valence electrons. The molecule has 0 aliphatic carbocycles. The van der Waals surface area contributed by atoms with Crippen molar-refractivity contribution in [2.45, 2.75) is 11.8 Å². The minimum atomic E-state index is 0.0513. The molecule has 0 atom stereocenters. The fourth-order valence-electron chi connectivity index (χ4n) is 0.913. The molecule has 1 amide bonds. The highest BCUT2D eigenvalue weighted by molar-refractivity contribution is 9.10. The lowest BCUT2D eigenvalue weighted by Crippen LogP contribution is -2.16. The largest absolute Gasteiger partial charge is 0.339 e. The molecule has 14 heavy (non-hydrogen) atoms. The number of benzene rings is 1. The van der Waals surface area contributed by atoms with E-state index in [2.05, 4.69) is 15.9 Å². The molecule has 0 N–H and O–H groups in total. The van der Waals surface area contributed by atoms with Gasteiger partial charge in [-0.25, -0.2) is 0 Å². The molecule has 1 aromatic rings. The van der Waals surface area contributed by atoms with Gasteiger partial charge in [-0.3, -0.25) is 4.79 Å². The number of aryl methyl sites for hydroxylation is 1. The van der Waals surface area contributed by atoms with E-state index in [4.69, 9.17) is 0 Å². The zero-order valence-corrected chi connectivity index (χ0v) is 10.8. The van der Waals surface area contributed by atoms with Gasteiger partial charge < -0.3 is 4.90 Å². The van der Waals surface area contributed by atoms with Crippen LogP contribution in [0.5, 0.6) is 0 Å². The van der Waals surface area contributed by atoms with Crippen LogP contribution in [0.1, 0.15) is 5.56 Å². The number of hydrogen-bond donors (Lipinski definition) is 0. The Hall–Kier alpha value is -0.480. The average Bonchev–Trinajstić information content (AvgIpc) is 2.09. The Bertz CT molecular complexity index is 352. The molecule has 0 saturated heterocycles. The predicted molar refractivity (Wildman–Crippen MR) is 63.8 cm³/mol. The first-order chi connectivity index (χ1) is 6.50. The Balaban J connectivity index is 2.82. The molecule has 0 aliphatic rings. The smallest absolute Gasteiger partial charge is 0.285 e. The summed E-state index contributed by atoms with van der Waals surface area (Å²) in [6, 6.07) is 5.90. The van der Waals surface area contributed by atoms with Crippen molar-refractivity contribution in [3.05, 3.63) is 28.2 Å². The molecule has 0 aromatic heterocycles. The zero-order chi connectivity index (χ0) is 10.7. The Morgan fingerprint density at radius 3 is 2.57 bits per heavy atom. The number of hydrogen-bond acceptors (Lipinski definition) is 2. The quantitative estimate of drug-likeness (QED) is 0.730. The van der Waals surface area contributed by atoms with Crippen LogP contribution >= 0.6 is 27.7 Å². The summed E-state index contributed by atoms with van der Waals surface area (Å²) >= 11 is 4.64. The van der Waals surface area contributed by atoms with Gasteiger partial charge >= 0.3 is 0 Å². The first kappa shape index (κ1) is 11.6. The number of rotatable bonds is 1. The number of nitrogens with zero attached hydrogens (tertiary/aromatic N) is 1. The van der Waals surface area contributed by atoms with Crippen LogP contribution in [-0.4, -0.2) is 24.2 Å². The molecule has 0 bridgehead atoms. The van der Waals surface area contributed by atoms with Gasteiger partial charge in [-0.2, -0.15) is 0 Å². The van der Waals surface area contributed by atoms with Crippen molar-refractivity contribution in [3.8, 4) is 0 Å². The maximum Gasteiger partial charge on any atom is 0.285 e. The lowest BCUT2D eigenvalue weighted by molar-refractivity contribution is 0.241. The molecule has 0 radical (unpaired) electrons. The van der Waals surface area contributed by atoms with Gasteiger partial charge in [0, 0.05) is 23.5 Å². The SMILES string of the molecule is Cc1cc(Br)ccc1SC(=O)N(C)C. The third-order valence-corrected chi connectivity index (χ3v) is 3.41. The van der Waals surface area contributed by atoms with E-state index in [0.29, 0.717) is 0 Å². The topological polar surface area (TPSA) is 20.3 Å². The molecule has 0 saturated carbocycles. The van der Waals surface area contributed by atoms with Gasteiger partial charge in [-0.15, -0.1) is 0 Å². The molecule has 0 unspecified atom stereocenters. The van der Waals surface area contributed by atoms with Crippen LogP contribution in [0.2, 0.25) is 0 Å². The fourth-order valence-corrected chi connectivity index (χ4v) is 2.11. The molecule has 0 aliphatic heterocycles. The standard InChI is InChI=1S/C10H12BrNOS/c1-7-6-8(11)4-5-9(7)14-10(13)12(2)3/h4-6H,1-3H3. The van der Waals surface area contributed by atoms with Crippen LogP contribution < -0.4 is 0 Å². The highest BCUT2D eigenvalue weighted by Crippen LogP contribution is 2.26. The van der Waals surface area contributed by atoms with E-state index in [1.54, 1.807) is 19.0 Å². The summed E-state index contributed by atoms with van der Waals surface area (Å²) in [6.07, 6.45) is 0. The minimum absolute atomic E-state index is 0.0513. The number of thioether (sulfide) groups is 1. The normalized spacial score (nSPS) is 10.0. The lowest BCUT2D eigenvalue weighted by atomic mass is 10.2. The van der Waals surface area contributed by atoms with Crippen LogP contribution in [0.3, 0.4) is 0 Å². The van der Waals surface area contributed by atoms with E-state index in [9.17, 15) is 4.79 Å². The van der Waals surface area contributed by atoms with Crippen LogP contribution in [0, 0.1) is 6.92 Å². The van der Waals surface area contributed by atoms with Crippen LogP contribution in [0.25, 0.3) is 0 Å². The Morgan fingerprint density at radius 2 is 2.07 bits per heavy atom. The first-order valence-corrected chi connectivity index (χ1v) is 5.77. The summed E-state index contributed by atoms with van der Waals surface area (Å²) in [5.41, 5.74) is 1.11. The first-order valence-electron chi connectivity index (χ1n) is 4.16. The van der Waals surface area contributed by atoms with Crippen molar-refractivity contribution in [2.24, 2.45) is 0 Å². The Kier molecular flexibility index (Phi) is 4.01. The fraction of sp³-hybridized carbons (Fsp3) is 0.300. The van der Waals surface area contributed by atoms with Gasteiger partial charge in [-0.1, -0.05) is 15.9 Å². The van der Waals surface area contributed by atoms with Crippen LogP contribution in [0.15, 0.2) is 27.6 Å². The highest BCUT2D eigenvalue weighted by atomic mass is 79.9. The third-order valence-electron chi connectivity index (χ3n) is 1.70. The summed E-state index contributed by atoms with van der Waals surface area (Å²) in [6.45, 7) is 2.00. The maximum absolute atomic E-state index is 11.4. The molecule has 0 spiro atoms. The minimum Gasteiger partial charge on any atom is -0.339 e. The summed E-state index contributed by atoms with van der Waals surface area (Å²) in [5.74, 6) is 0. The second kappa shape index (κ2) is 4.84. The predicted octanol–water partition coefficient (Wildman–Crippen LogP) is 3.53. The second-order valence-corrected chi connectivity index (χ2v) is 5.08. The van der Waals surface area contributed by atoms with Gasteiger partial charge in [0.25, 0.3) is 5.24 Å². The van der Waals surface area contributed by atoms with Crippen molar-refractivity contribution in [1.82, 2.24) is 4.90 Å². The molecule has 0 fully saturated rings. The Labute approximate surface area is 96.8 Å². The van der Waals surface area contributed by atoms with E-state index in [-0.39, 0.29) is 5.24 Å². The monoisotopic (exact) mass is 273 g/mol. The maximum atomic E-state index is 11.4. The van der Waals surface area contributed by atoms with Crippen molar-refractivity contribution in [2.75, 3.05) is 14.1 Å². The van der Waals surface area contributed by atoms with E-state index < -0.39 is 0 Å².